The molecule has 0 aliphatic carbocycles. The lowest BCUT2D eigenvalue weighted by Crippen LogP contribution is -2.56. The molecule has 1 heterocycles. The van der Waals surface area contributed by atoms with Gasteiger partial charge in [-0.05, 0) is 48.4 Å². The molecule has 0 spiro atoms. The summed E-state index contributed by atoms with van der Waals surface area (Å²) in [5.74, 6) is -0.833. The Balaban J connectivity index is 0.000000269. The van der Waals surface area contributed by atoms with Crippen molar-refractivity contribution in [3.05, 3.63) is 107 Å². The molecule has 1 aliphatic heterocycles. The maximum absolute atomic E-state index is 13.2. The van der Waals surface area contributed by atoms with E-state index in [-0.39, 0.29) is 23.7 Å². The van der Waals surface area contributed by atoms with Crippen LogP contribution in [0.1, 0.15) is 39.2 Å². The summed E-state index contributed by atoms with van der Waals surface area (Å²) in [7, 11) is 0. The first-order valence-electron chi connectivity index (χ1n) is 10.0. The van der Waals surface area contributed by atoms with Crippen LogP contribution in [0, 0.1) is 5.82 Å². The predicted molar refractivity (Wildman–Crippen MR) is 121 cm³/mol. The standard InChI is InChI=1S/C18H17FN2O2.C7H5ClO/c1-12-11-21(18(23)14-5-3-2-4-6-14)16(17(22)20-12)13-7-9-15(19)10-8-13;8-7(9)6-4-2-1-3-5-6/h2-10,12,16H,11H2,1H3,(H,20,22);1-5H/t12-,16+;/m1./s1. The lowest BCUT2D eigenvalue weighted by atomic mass is 9.99. The van der Waals surface area contributed by atoms with E-state index >= 15 is 0 Å². The fraction of sp³-hybridized carbons (Fsp3) is 0.160. The third-order valence-corrected chi connectivity index (χ3v) is 5.11. The summed E-state index contributed by atoms with van der Waals surface area (Å²) < 4.78 is 13.2. The second kappa shape index (κ2) is 10.7. The second-order valence-corrected chi connectivity index (χ2v) is 7.67. The fourth-order valence-electron chi connectivity index (χ4n) is 3.40. The molecule has 3 aromatic rings. The number of carbonyl (C=O) groups excluding carboxylic acids is 3. The van der Waals surface area contributed by atoms with Crippen molar-refractivity contribution >= 4 is 28.7 Å². The van der Waals surface area contributed by atoms with E-state index in [2.05, 4.69) is 5.32 Å². The molecule has 7 heteroatoms. The van der Waals surface area contributed by atoms with Gasteiger partial charge in [0.15, 0.2) is 0 Å². The van der Waals surface area contributed by atoms with E-state index in [1.54, 1.807) is 65.6 Å². The van der Waals surface area contributed by atoms with Crippen molar-refractivity contribution in [3.63, 3.8) is 0 Å². The molecule has 164 valence electrons. The molecule has 0 radical (unpaired) electrons. The smallest absolute Gasteiger partial charge is 0.254 e. The average Bonchev–Trinajstić information content (AvgIpc) is 2.80. The Morgan fingerprint density at radius 2 is 1.44 bits per heavy atom. The van der Waals surface area contributed by atoms with Crippen LogP contribution in [0.3, 0.4) is 0 Å². The van der Waals surface area contributed by atoms with Gasteiger partial charge in [0.2, 0.25) is 5.91 Å². The van der Waals surface area contributed by atoms with E-state index in [4.69, 9.17) is 11.6 Å². The van der Waals surface area contributed by atoms with Crippen LogP contribution in [-0.2, 0) is 4.79 Å². The Hall–Kier alpha value is -3.51. The van der Waals surface area contributed by atoms with Crippen LogP contribution in [0.15, 0.2) is 84.9 Å². The number of hydrogen-bond acceptors (Lipinski definition) is 3. The highest BCUT2D eigenvalue weighted by molar-refractivity contribution is 6.67. The Morgan fingerprint density at radius 3 is 1.94 bits per heavy atom. The molecule has 0 aromatic heterocycles. The summed E-state index contributed by atoms with van der Waals surface area (Å²) in [5, 5.41) is 2.45. The second-order valence-electron chi connectivity index (χ2n) is 7.33. The van der Waals surface area contributed by atoms with E-state index in [9.17, 15) is 18.8 Å². The molecule has 5 nitrogen and oxygen atoms in total. The summed E-state index contributed by atoms with van der Waals surface area (Å²) in [6.45, 7) is 2.26. The van der Waals surface area contributed by atoms with Gasteiger partial charge >= 0.3 is 0 Å². The fourth-order valence-corrected chi connectivity index (χ4v) is 3.53. The minimum Gasteiger partial charge on any atom is -0.350 e. The van der Waals surface area contributed by atoms with Gasteiger partial charge in [-0.25, -0.2) is 4.39 Å². The van der Waals surface area contributed by atoms with Crippen molar-refractivity contribution < 1.29 is 18.8 Å². The normalized spacial score (nSPS) is 17.6. The largest absolute Gasteiger partial charge is 0.350 e. The third-order valence-electron chi connectivity index (χ3n) is 4.89. The van der Waals surface area contributed by atoms with E-state index < -0.39 is 11.3 Å². The highest BCUT2D eigenvalue weighted by Gasteiger charge is 2.37. The monoisotopic (exact) mass is 452 g/mol. The maximum Gasteiger partial charge on any atom is 0.254 e. The highest BCUT2D eigenvalue weighted by Crippen LogP contribution is 2.26. The minimum atomic E-state index is -0.750. The summed E-state index contributed by atoms with van der Waals surface area (Å²) in [5.41, 5.74) is 1.67. The van der Waals surface area contributed by atoms with E-state index in [0.717, 1.165) is 0 Å². The zero-order valence-electron chi connectivity index (χ0n) is 17.4. The zero-order chi connectivity index (χ0) is 23.1. The van der Waals surface area contributed by atoms with Crippen molar-refractivity contribution in [1.82, 2.24) is 10.2 Å². The van der Waals surface area contributed by atoms with Gasteiger partial charge in [-0.1, -0.05) is 60.7 Å². The maximum atomic E-state index is 13.2. The number of hydrogen-bond donors (Lipinski definition) is 1. The number of nitrogens with zero attached hydrogens (tertiary/aromatic N) is 1. The first kappa shape index (κ1) is 23.2. The Morgan fingerprint density at radius 1 is 0.906 bits per heavy atom. The summed E-state index contributed by atoms with van der Waals surface area (Å²) in [6.07, 6.45) is 0. The molecule has 0 saturated carbocycles. The molecule has 1 fully saturated rings. The van der Waals surface area contributed by atoms with E-state index in [1.165, 1.54) is 12.1 Å². The molecule has 1 N–H and O–H groups in total. The molecular formula is C25H22ClFN2O3. The lowest BCUT2D eigenvalue weighted by Gasteiger charge is -2.38. The first-order valence-corrected chi connectivity index (χ1v) is 10.4. The molecule has 1 saturated heterocycles. The zero-order valence-corrected chi connectivity index (χ0v) is 18.1. The molecule has 3 aromatic carbocycles. The van der Waals surface area contributed by atoms with E-state index in [0.29, 0.717) is 23.2 Å². The van der Waals surface area contributed by atoms with Crippen molar-refractivity contribution in [2.24, 2.45) is 0 Å². The SMILES string of the molecule is C[C@@H]1CN(C(=O)c2ccccc2)[C@@H](c2ccc(F)cc2)C(=O)N1.O=C(Cl)c1ccccc1. The van der Waals surface area contributed by atoms with Gasteiger partial charge in [-0.2, -0.15) is 0 Å². The molecule has 0 bridgehead atoms. The number of benzene rings is 3. The summed E-state index contributed by atoms with van der Waals surface area (Å²) in [6, 6.07) is 22.4. The predicted octanol–water partition coefficient (Wildman–Crippen LogP) is 4.59. The third kappa shape index (κ3) is 5.80. The average molecular weight is 453 g/mol. The van der Waals surface area contributed by atoms with Crippen molar-refractivity contribution in [3.8, 4) is 0 Å². The molecule has 4 rings (SSSR count). The van der Waals surface area contributed by atoms with Crippen LogP contribution in [0.5, 0.6) is 0 Å². The molecule has 2 atom stereocenters. The van der Waals surface area contributed by atoms with E-state index in [1.807, 2.05) is 19.1 Å². The first-order chi connectivity index (χ1) is 15.4. The van der Waals surface area contributed by atoms with Crippen molar-refractivity contribution in [1.29, 1.82) is 0 Å². The molecular weight excluding hydrogens is 431 g/mol. The van der Waals surface area contributed by atoms with Gasteiger partial charge in [0.25, 0.3) is 11.1 Å². The topological polar surface area (TPSA) is 66.5 Å². The number of nitrogens with one attached hydrogen (secondary N) is 1. The van der Waals surface area contributed by atoms with Crippen LogP contribution < -0.4 is 5.32 Å². The summed E-state index contributed by atoms with van der Waals surface area (Å²) >= 11 is 5.16. The molecule has 0 unspecified atom stereocenters. The minimum absolute atomic E-state index is 0.133. The molecule has 32 heavy (non-hydrogen) atoms. The number of carbonyl (C=O) groups is 3. The summed E-state index contributed by atoms with van der Waals surface area (Å²) in [4.78, 5) is 37.2. The van der Waals surface area contributed by atoms with Crippen LogP contribution in [-0.4, -0.2) is 34.5 Å². The van der Waals surface area contributed by atoms with Gasteiger partial charge in [0.05, 0.1) is 0 Å². The number of halogens is 2. The van der Waals surface area contributed by atoms with Crippen LogP contribution >= 0.6 is 11.6 Å². The van der Waals surface area contributed by atoms with Crippen LogP contribution in [0.2, 0.25) is 0 Å². The van der Waals surface area contributed by atoms with Crippen molar-refractivity contribution in [2.45, 2.75) is 19.0 Å². The number of rotatable bonds is 3. The lowest BCUT2D eigenvalue weighted by molar-refractivity contribution is -0.129. The van der Waals surface area contributed by atoms with Gasteiger partial charge in [0, 0.05) is 23.7 Å². The molecule has 1 aliphatic rings. The van der Waals surface area contributed by atoms with Crippen LogP contribution in [0.25, 0.3) is 0 Å². The quantitative estimate of drug-likeness (QED) is 0.591. The van der Waals surface area contributed by atoms with Crippen LogP contribution in [0.4, 0.5) is 4.39 Å². The highest BCUT2D eigenvalue weighted by atomic mass is 35.5. The Kier molecular flexibility index (Phi) is 7.73. The van der Waals surface area contributed by atoms with Crippen molar-refractivity contribution in [2.75, 3.05) is 6.54 Å². The van der Waals surface area contributed by atoms with Gasteiger partial charge in [0.1, 0.15) is 11.9 Å². The van der Waals surface area contributed by atoms with Gasteiger partial charge < -0.3 is 10.2 Å². The van der Waals surface area contributed by atoms with Gasteiger partial charge in [-0.3, -0.25) is 14.4 Å². The number of piperazine rings is 1. The molecule has 2 amide bonds. The Labute approximate surface area is 190 Å². The number of amides is 2. The Bertz CT molecular complexity index is 1080. The van der Waals surface area contributed by atoms with Gasteiger partial charge in [-0.15, -0.1) is 0 Å².